The number of nitrogens with one attached hydrogen (secondary N) is 1. The third kappa shape index (κ3) is 4.17. The maximum absolute atomic E-state index is 14.8. The molecule has 2 aliphatic heterocycles. The lowest BCUT2D eigenvalue weighted by Gasteiger charge is -2.36. The molecular weight excluding hydrogens is 460 g/mol. The molecule has 3 atom stereocenters. The second kappa shape index (κ2) is 8.17. The second-order valence-corrected chi connectivity index (χ2v) is 7.34. The number of rotatable bonds is 4. The fraction of sp³-hybridized carbons (Fsp3) is 0.368. The molecule has 8 nitrogen and oxygen atoms in total. The molecule has 1 fully saturated rings. The number of nitrogens with zero attached hydrogens (tertiary/aromatic N) is 3. The summed E-state index contributed by atoms with van der Waals surface area (Å²) in [5.41, 5.74) is 2.49. The van der Waals surface area contributed by atoms with Crippen molar-refractivity contribution in [1.29, 1.82) is 0 Å². The molecule has 1 aromatic carbocycles. The Hall–Kier alpha value is -3.42. The predicted molar refractivity (Wildman–Crippen MR) is 99.9 cm³/mol. The number of hydrogen-bond donors (Lipinski definition) is 2. The van der Waals surface area contributed by atoms with Gasteiger partial charge in [-0.1, -0.05) is 0 Å². The van der Waals surface area contributed by atoms with Crippen LogP contribution in [-0.2, 0) is 15.0 Å². The van der Waals surface area contributed by atoms with E-state index in [1.165, 1.54) is 0 Å². The van der Waals surface area contributed by atoms with Crippen LogP contribution in [0.4, 0.5) is 32.0 Å². The number of halogens is 6. The summed E-state index contributed by atoms with van der Waals surface area (Å²) in [6.07, 6.45) is -8.34. The molecule has 176 valence electrons. The van der Waals surface area contributed by atoms with Crippen LogP contribution < -0.4 is 11.1 Å². The van der Waals surface area contributed by atoms with Crippen LogP contribution in [0.3, 0.4) is 0 Å². The molecule has 0 aliphatic carbocycles. The average molecular weight is 475 g/mol. The molecule has 3 heterocycles. The molecule has 0 spiro atoms. The summed E-state index contributed by atoms with van der Waals surface area (Å²) in [4.78, 5) is 23.4. The number of carbonyl (C=O) groups is 1. The highest BCUT2D eigenvalue weighted by molar-refractivity contribution is 6.02. The molecule has 2 aliphatic rings. The van der Waals surface area contributed by atoms with Crippen LogP contribution in [0.5, 0.6) is 0 Å². The van der Waals surface area contributed by atoms with E-state index in [4.69, 9.17) is 15.2 Å². The van der Waals surface area contributed by atoms with E-state index in [0.29, 0.717) is 0 Å². The summed E-state index contributed by atoms with van der Waals surface area (Å²) >= 11 is 0. The van der Waals surface area contributed by atoms with Gasteiger partial charge in [-0.15, -0.1) is 0 Å². The molecular formula is C19H15F6N5O3. The van der Waals surface area contributed by atoms with E-state index in [9.17, 15) is 31.1 Å². The molecule has 33 heavy (non-hydrogen) atoms. The average Bonchev–Trinajstić information content (AvgIpc) is 3.15. The Morgan fingerprint density at radius 3 is 2.64 bits per heavy atom. The van der Waals surface area contributed by atoms with Crippen LogP contribution in [0, 0.1) is 11.7 Å². The highest BCUT2D eigenvalue weighted by Gasteiger charge is 2.62. The van der Waals surface area contributed by atoms with E-state index in [2.05, 4.69) is 20.3 Å². The highest BCUT2D eigenvalue weighted by Crippen LogP contribution is 2.50. The number of benzene rings is 1. The Labute approximate surface area is 181 Å². The van der Waals surface area contributed by atoms with E-state index in [1.807, 2.05) is 0 Å². The monoisotopic (exact) mass is 475 g/mol. The number of aliphatic imine (C=N–C) groups is 1. The van der Waals surface area contributed by atoms with Crippen molar-refractivity contribution in [2.75, 3.05) is 18.5 Å². The van der Waals surface area contributed by atoms with Crippen molar-refractivity contribution in [2.45, 2.75) is 24.2 Å². The molecule has 0 radical (unpaired) electrons. The van der Waals surface area contributed by atoms with Crippen molar-refractivity contribution in [3.8, 4) is 0 Å². The first-order chi connectivity index (χ1) is 15.5. The lowest BCUT2D eigenvalue weighted by molar-refractivity contribution is -0.219. The normalized spacial score (nSPS) is 24.8. The van der Waals surface area contributed by atoms with Crippen molar-refractivity contribution >= 4 is 17.6 Å². The van der Waals surface area contributed by atoms with Crippen LogP contribution >= 0.6 is 0 Å². The fourth-order valence-electron chi connectivity index (χ4n) is 3.79. The van der Waals surface area contributed by atoms with Crippen molar-refractivity contribution in [3.63, 3.8) is 0 Å². The molecule has 2 aromatic rings. The summed E-state index contributed by atoms with van der Waals surface area (Å²) in [5, 5.41) is 2.37. The van der Waals surface area contributed by atoms with E-state index in [0.717, 1.165) is 30.6 Å². The summed E-state index contributed by atoms with van der Waals surface area (Å²) < 4.78 is 90.3. The Morgan fingerprint density at radius 1 is 1.24 bits per heavy atom. The van der Waals surface area contributed by atoms with Gasteiger partial charge >= 0.3 is 6.18 Å². The minimum atomic E-state index is -4.76. The van der Waals surface area contributed by atoms with Gasteiger partial charge in [-0.05, 0) is 18.2 Å². The first kappa shape index (κ1) is 22.8. The van der Waals surface area contributed by atoms with Crippen LogP contribution in [0.25, 0.3) is 0 Å². The minimum Gasteiger partial charge on any atom is -0.465 e. The number of anilines is 1. The number of aromatic nitrogens is 2. The molecule has 3 unspecified atom stereocenters. The Bertz CT molecular complexity index is 1090. The fourth-order valence-corrected chi connectivity index (χ4v) is 3.79. The number of ether oxygens (including phenoxy) is 2. The molecule has 3 N–H and O–H groups in total. The number of amidine groups is 1. The SMILES string of the molecule is NC1=NC2(c3cc(NC(=O)c4cnc(C(F)F)cn4)ccc3F)COC(C(F)(F)F)C2CO1. The summed E-state index contributed by atoms with van der Waals surface area (Å²) in [6.45, 7) is -1.14. The third-order valence-corrected chi connectivity index (χ3v) is 5.32. The smallest absolute Gasteiger partial charge is 0.415 e. The quantitative estimate of drug-likeness (QED) is 0.658. The van der Waals surface area contributed by atoms with Gasteiger partial charge in [-0.3, -0.25) is 9.78 Å². The van der Waals surface area contributed by atoms with Gasteiger partial charge in [0.2, 0.25) is 0 Å². The van der Waals surface area contributed by atoms with E-state index >= 15 is 0 Å². The van der Waals surface area contributed by atoms with Crippen LogP contribution in [0.2, 0.25) is 0 Å². The molecule has 14 heteroatoms. The minimum absolute atomic E-state index is 0.0139. The number of fused-ring (bicyclic) bond motifs is 1. The largest absolute Gasteiger partial charge is 0.465 e. The molecule has 1 saturated heterocycles. The van der Waals surface area contributed by atoms with Gasteiger partial charge in [-0.2, -0.15) is 13.2 Å². The van der Waals surface area contributed by atoms with Crippen LogP contribution in [0.15, 0.2) is 35.6 Å². The van der Waals surface area contributed by atoms with Crippen molar-refractivity contribution < 1.29 is 40.6 Å². The highest BCUT2D eigenvalue weighted by atomic mass is 19.4. The zero-order chi connectivity index (χ0) is 24.0. The van der Waals surface area contributed by atoms with Gasteiger partial charge in [0.1, 0.15) is 22.7 Å². The topological polar surface area (TPSA) is 112 Å². The van der Waals surface area contributed by atoms with Crippen molar-refractivity contribution in [1.82, 2.24) is 9.97 Å². The molecule has 1 aromatic heterocycles. The second-order valence-electron chi connectivity index (χ2n) is 7.34. The molecule has 0 bridgehead atoms. The first-order valence-corrected chi connectivity index (χ1v) is 9.39. The number of carbonyl (C=O) groups excluding carboxylic acids is 1. The number of hydrogen-bond acceptors (Lipinski definition) is 7. The summed E-state index contributed by atoms with van der Waals surface area (Å²) in [5.74, 6) is -3.19. The Kier molecular flexibility index (Phi) is 5.64. The standard InChI is InChI=1S/C19H15F6N5O3/c20-11-2-1-8(29-16(31)13-5-27-12(4-28-13)15(21)22)3-9(11)18-7-33-14(19(23,24)25)10(18)6-32-17(26)30-18/h1-5,10,14-15H,6-7H2,(H2,26,30)(H,29,31). The Morgan fingerprint density at radius 2 is 2.00 bits per heavy atom. The van der Waals surface area contributed by atoms with Crippen LogP contribution in [0.1, 0.15) is 28.2 Å². The van der Waals surface area contributed by atoms with E-state index in [-0.39, 0.29) is 16.9 Å². The zero-order valence-corrected chi connectivity index (χ0v) is 16.4. The lowest BCUT2D eigenvalue weighted by atomic mass is 9.77. The maximum Gasteiger partial charge on any atom is 0.415 e. The van der Waals surface area contributed by atoms with Gasteiger partial charge in [0.25, 0.3) is 18.4 Å². The van der Waals surface area contributed by atoms with Gasteiger partial charge in [-0.25, -0.2) is 23.1 Å². The summed E-state index contributed by atoms with van der Waals surface area (Å²) in [6, 6.07) is 2.77. The predicted octanol–water partition coefficient (Wildman–Crippen LogP) is 2.92. The van der Waals surface area contributed by atoms with Crippen LogP contribution in [-0.4, -0.2) is 47.4 Å². The maximum atomic E-state index is 14.8. The zero-order valence-electron chi connectivity index (χ0n) is 16.4. The van der Waals surface area contributed by atoms with E-state index in [1.54, 1.807) is 0 Å². The summed E-state index contributed by atoms with van der Waals surface area (Å²) in [7, 11) is 0. The third-order valence-electron chi connectivity index (χ3n) is 5.32. The van der Waals surface area contributed by atoms with Gasteiger partial charge in [0.15, 0.2) is 6.10 Å². The van der Waals surface area contributed by atoms with Gasteiger partial charge in [0.05, 0.1) is 31.5 Å². The Balaban J connectivity index is 1.66. The number of alkyl halides is 5. The molecule has 1 amide bonds. The number of amides is 1. The molecule has 4 rings (SSSR count). The van der Waals surface area contributed by atoms with Crippen molar-refractivity contribution in [3.05, 3.63) is 53.4 Å². The van der Waals surface area contributed by atoms with Gasteiger partial charge < -0.3 is 20.5 Å². The van der Waals surface area contributed by atoms with Crippen molar-refractivity contribution in [2.24, 2.45) is 16.6 Å². The molecule has 0 saturated carbocycles. The lowest BCUT2D eigenvalue weighted by Crippen LogP contribution is -2.48. The first-order valence-electron chi connectivity index (χ1n) is 9.39. The van der Waals surface area contributed by atoms with Gasteiger partial charge in [0, 0.05) is 11.3 Å². The number of nitrogens with two attached hydrogens (primary N) is 1. The van der Waals surface area contributed by atoms with E-state index < -0.39 is 66.8 Å².